The number of benzene rings is 2. The van der Waals surface area contributed by atoms with Gasteiger partial charge in [-0.05, 0) is 51.8 Å². The lowest BCUT2D eigenvalue weighted by Crippen LogP contribution is -2.53. The fourth-order valence-electron chi connectivity index (χ4n) is 4.18. The number of hydrogen-bond acceptors (Lipinski definition) is 8. The van der Waals surface area contributed by atoms with Gasteiger partial charge in [-0.25, -0.2) is 27.0 Å². The Labute approximate surface area is 245 Å². The third-order valence-electron chi connectivity index (χ3n) is 6.30. The summed E-state index contributed by atoms with van der Waals surface area (Å²) in [5.74, 6) is -2.01. The fraction of sp³-hybridized carbons (Fsp3) is 0.231. The summed E-state index contributed by atoms with van der Waals surface area (Å²) < 4.78 is 48.3. The van der Waals surface area contributed by atoms with Crippen LogP contribution in [0, 0.1) is 0 Å². The molecule has 1 atom stereocenters. The number of nitrogens with two attached hydrogens (primary N) is 1. The molecule has 2 heterocycles. The van der Waals surface area contributed by atoms with Crippen LogP contribution in [-0.2, 0) is 29.4 Å². The van der Waals surface area contributed by atoms with Gasteiger partial charge in [0.1, 0.15) is 11.9 Å². The van der Waals surface area contributed by atoms with Gasteiger partial charge in [0.05, 0.1) is 22.8 Å². The van der Waals surface area contributed by atoms with Crippen molar-refractivity contribution in [1.82, 2.24) is 15.2 Å². The van der Waals surface area contributed by atoms with Crippen LogP contribution in [0.15, 0.2) is 76.2 Å². The molecule has 2 aromatic carbocycles. The number of amides is 3. The van der Waals surface area contributed by atoms with Gasteiger partial charge in [0.25, 0.3) is 5.91 Å². The summed E-state index contributed by atoms with van der Waals surface area (Å²) in [7, 11) is -7.26. The molecule has 1 aliphatic heterocycles. The van der Waals surface area contributed by atoms with Gasteiger partial charge in [-0.3, -0.25) is 14.4 Å². The highest BCUT2D eigenvalue weighted by Crippen LogP contribution is 2.26. The summed E-state index contributed by atoms with van der Waals surface area (Å²) >= 11 is 3.25. The molecule has 0 bridgehead atoms. The first-order valence-electron chi connectivity index (χ1n) is 12.3. The zero-order valence-electron chi connectivity index (χ0n) is 21.5. The van der Waals surface area contributed by atoms with Crippen LogP contribution in [0.4, 0.5) is 5.82 Å². The maximum atomic E-state index is 13.3. The summed E-state index contributed by atoms with van der Waals surface area (Å²) in [5, 5.41) is 10.5. The van der Waals surface area contributed by atoms with E-state index in [1.54, 1.807) is 30.3 Å². The second-order valence-electron chi connectivity index (χ2n) is 9.24. The second-order valence-corrected chi connectivity index (χ2v) is 14.0. The molecule has 4 N–H and O–H groups in total. The SMILES string of the molecule is NS(=O)(=O)c1ccccc1-c1ccc(C(=O)NC(CC(=O)Nc2ccc(Br)cn2)C(=O)N2CCS(=O)(=O)CC2)cc1. The van der Waals surface area contributed by atoms with Gasteiger partial charge < -0.3 is 15.5 Å². The maximum absolute atomic E-state index is 13.3. The smallest absolute Gasteiger partial charge is 0.251 e. The van der Waals surface area contributed by atoms with E-state index in [4.69, 9.17) is 5.14 Å². The zero-order valence-corrected chi connectivity index (χ0v) is 24.7. The number of carbonyl (C=O) groups excluding carboxylic acids is 3. The normalized spacial score (nSPS) is 15.5. The van der Waals surface area contributed by atoms with Crippen molar-refractivity contribution in [3.8, 4) is 11.1 Å². The molecule has 0 saturated carbocycles. The zero-order chi connectivity index (χ0) is 29.8. The number of halogens is 1. The number of carbonyl (C=O) groups is 3. The summed E-state index contributed by atoms with van der Waals surface area (Å²) in [6.07, 6.45) is 1.06. The molecule has 0 spiro atoms. The monoisotopic (exact) mass is 663 g/mol. The van der Waals surface area contributed by atoms with Gasteiger partial charge in [-0.15, -0.1) is 0 Å². The first-order chi connectivity index (χ1) is 19.3. The molecule has 3 amide bonds. The molecule has 4 rings (SSSR count). The van der Waals surface area contributed by atoms with Crippen molar-refractivity contribution in [2.75, 3.05) is 29.9 Å². The van der Waals surface area contributed by atoms with Gasteiger partial charge in [0, 0.05) is 34.9 Å². The number of primary sulfonamides is 1. The predicted octanol–water partition coefficient (Wildman–Crippen LogP) is 1.54. The van der Waals surface area contributed by atoms with E-state index in [0.29, 0.717) is 15.6 Å². The van der Waals surface area contributed by atoms with Crippen LogP contribution in [0.3, 0.4) is 0 Å². The van der Waals surface area contributed by atoms with E-state index >= 15 is 0 Å². The molecular weight excluding hydrogens is 638 g/mol. The first kappa shape index (κ1) is 30.3. The molecule has 216 valence electrons. The molecule has 1 unspecified atom stereocenters. The molecule has 12 nitrogen and oxygen atoms in total. The molecule has 41 heavy (non-hydrogen) atoms. The number of nitrogens with one attached hydrogen (secondary N) is 2. The fourth-order valence-corrected chi connectivity index (χ4v) is 6.37. The molecule has 1 aliphatic rings. The first-order valence-corrected chi connectivity index (χ1v) is 16.4. The Morgan fingerprint density at radius 3 is 2.27 bits per heavy atom. The van der Waals surface area contributed by atoms with E-state index in [1.165, 1.54) is 41.4 Å². The Balaban J connectivity index is 1.53. The van der Waals surface area contributed by atoms with Crippen LogP contribution >= 0.6 is 15.9 Å². The Hall–Kier alpha value is -3.66. The van der Waals surface area contributed by atoms with Crippen molar-refractivity contribution in [3.63, 3.8) is 0 Å². The van der Waals surface area contributed by atoms with Crippen molar-refractivity contribution in [2.45, 2.75) is 17.4 Å². The summed E-state index contributed by atoms with van der Waals surface area (Å²) in [6.45, 7) is -0.108. The summed E-state index contributed by atoms with van der Waals surface area (Å²) in [6, 6.07) is 14.1. The van der Waals surface area contributed by atoms with Gasteiger partial charge in [-0.2, -0.15) is 0 Å². The van der Waals surface area contributed by atoms with Gasteiger partial charge >= 0.3 is 0 Å². The van der Waals surface area contributed by atoms with Crippen molar-refractivity contribution >= 4 is 59.3 Å². The van der Waals surface area contributed by atoms with Crippen molar-refractivity contribution in [1.29, 1.82) is 0 Å². The average molecular weight is 665 g/mol. The van der Waals surface area contributed by atoms with E-state index < -0.39 is 50.0 Å². The minimum absolute atomic E-state index is 0.0540. The molecule has 0 radical (unpaired) electrons. The van der Waals surface area contributed by atoms with Crippen molar-refractivity contribution in [2.24, 2.45) is 5.14 Å². The average Bonchev–Trinajstić information content (AvgIpc) is 2.93. The van der Waals surface area contributed by atoms with E-state index in [2.05, 4.69) is 31.5 Å². The molecular formula is C26H26BrN5O7S2. The highest BCUT2D eigenvalue weighted by Gasteiger charge is 2.32. The summed E-state index contributed by atoms with van der Waals surface area (Å²) in [4.78, 5) is 44.6. The van der Waals surface area contributed by atoms with Crippen LogP contribution in [-0.4, -0.2) is 75.1 Å². The number of rotatable bonds is 8. The number of hydrogen-bond donors (Lipinski definition) is 3. The number of sulfonamides is 1. The maximum Gasteiger partial charge on any atom is 0.251 e. The molecule has 15 heteroatoms. The lowest BCUT2D eigenvalue weighted by Gasteiger charge is -2.30. The Morgan fingerprint density at radius 1 is 1.00 bits per heavy atom. The van der Waals surface area contributed by atoms with Gasteiger partial charge in [0.2, 0.25) is 21.8 Å². The summed E-state index contributed by atoms with van der Waals surface area (Å²) in [5.41, 5.74) is 0.999. The van der Waals surface area contributed by atoms with Crippen molar-refractivity contribution < 1.29 is 31.2 Å². The largest absolute Gasteiger partial charge is 0.340 e. The van der Waals surface area contributed by atoms with E-state index in [0.717, 1.165) is 0 Å². The minimum Gasteiger partial charge on any atom is -0.340 e. The van der Waals surface area contributed by atoms with Crippen LogP contribution in [0.5, 0.6) is 0 Å². The van der Waals surface area contributed by atoms with Crippen LogP contribution in [0.25, 0.3) is 11.1 Å². The van der Waals surface area contributed by atoms with Gasteiger partial charge in [0.15, 0.2) is 9.84 Å². The topological polar surface area (TPSA) is 186 Å². The van der Waals surface area contributed by atoms with E-state index in [9.17, 15) is 31.2 Å². The second kappa shape index (κ2) is 12.5. The van der Waals surface area contributed by atoms with E-state index in [-0.39, 0.29) is 40.9 Å². The van der Waals surface area contributed by atoms with Gasteiger partial charge in [-0.1, -0.05) is 30.3 Å². The molecule has 1 fully saturated rings. The molecule has 3 aromatic rings. The highest BCUT2D eigenvalue weighted by atomic mass is 79.9. The lowest BCUT2D eigenvalue weighted by molar-refractivity contribution is -0.134. The molecule has 1 aromatic heterocycles. The Bertz CT molecular complexity index is 1670. The highest BCUT2D eigenvalue weighted by molar-refractivity contribution is 9.10. The lowest BCUT2D eigenvalue weighted by atomic mass is 10.0. The number of sulfone groups is 1. The molecule has 0 aliphatic carbocycles. The van der Waals surface area contributed by atoms with Crippen molar-refractivity contribution in [3.05, 3.63) is 76.9 Å². The van der Waals surface area contributed by atoms with Crippen LogP contribution < -0.4 is 15.8 Å². The third kappa shape index (κ3) is 7.97. The number of anilines is 1. The third-order valence-corrected chi connectivity index (χ3v) is 9.34. The predicted molar refractivity (Wildman–Crippen MR) is 155 cm³/mol. The Kier molecular flexibility index (Phi) is 9.21. The van der Waals surface area contributed by atoms with Crippen LogP contribution in [0.2, 0.25) is 0 Å². The standard InChI is InChI=1S/C26H26BrN5O7S2/c27-19-9-10-23(29-16-19)31-24(33)15-21(26(35)32-11-13-40(36,37)14-12-32)30-25(34)18-7-5-17(6-8-18)20-3-1-2-4-22(20)41(28,38)39/h1-10,16,21H,11-15H2,(H,30,34)(H2,28,38,39)(H,29,31,33). The Morgan fingerprint density at radius 2 is 1.66 bits per heavy atom. The number of nitrogens with zero attached hydrogens (tertiary/aromatic N) is 2. The minimum atomic E-state index is -3.99. The number of aromatic nitrogens is 1. The number of pyridine rings is 1. The molecule has 1 saturated heterocycles. The van der Waals surface area contributed by atoms with E-state index in [1.807, 2.05) is 0 Å². The quantitative estimate of drug-likeness (QED) is 0.324. The van der Waals surface area contributed by atoms with Crippen LogP contribution in [0.1, 0.15) is 16.8 Å².